The summed E-state index contributed by atoms with van der Waals surface area (Å²) in [6, 6.07) is 21.4. The molecule has 9 nitrogen and oxygen atoms in total. The third-order valence-electron chi connectivity index (χ3n) is 5.32. The fourth-order valence-electron chi connectivity index (χ4n) is 3.58. The van der Waals surface area contributed by atoms with Gasteiger partial charge < -0.3 is 25.8 Å². The Bertz CT molecular complexity index is 1330. The first-order valence-corrected chi connectivity index (χ1v) is 10.8. The van der Waals surface area contributed by atoms with Crippen LogP contribution in [-0.4, -0.2) is 35.9 Å². The van der Waals surface area contributed by atoms with Gasteiger partial charge in [-0.05, 0) is 47.5 Å². The quantitative estimate of drug-likeness (QED) is 0.359. The summed E-state index contributed by atoms with van der Waals surface area (Å²) in [5.41, 5.74) is 9.06. The van der Waals surface area contributed by atoms with Crippen LogP contribution in [0.4, 0.5) is 10.5 Å². The van der Waals surface area contributed by atoms with Crippen LogP contribution < -0.4 is 25.8 Å². The average Bonchev–Trinajstić information content (AvgIpc) is 3.33. The molecule has 4 aromatic rings. The second-order valence-electron chi connectivity index (χ2n) is 7.61. The highest BCUT2D eigenvalue weighted by Gasteiger charge is 2.20. The number of nitrogens with two attached hydrogens (primary N) is 1. The first kappa shape index (κ1) is 23.4. The molecule has 9 heteroatoms. The first-order chi connectivity index (χ1) is 17.0. The lowest BCUT2D eigenvalue weighted by atomic mass is 10.1. The van der Waals surface area contributed by atoms with E-state index in [-0.39, 0.29) is 18.1 Å². The van der Waals surface area contributed by atoms with Gasteiger partial charge in [-0.3, -0.25) is 4.79 Å². The molecule has 0 aliphatic rings. The molecule has 0 aliphatic carbocycles. The van der Waals surface area contributed by atoms with E-state index in [9.17, 15) is 9.59 Å². The van der Waals surface area contributed by atoms with Crippen LogP contribution in [-0.2, 0) is 6.54 Å². The highest BCUT2D eigenvalue weighted by molar-refractivity contribution is 5.99. The Morgan fingerprint density at radius 2 is 1.66 bits per heavy atom. The molecular weight excluding hydrogens is 446 g/mol. The van der Waals surface area contributed by atoms with Gasteiger partial charge in [0.2, 0.25) is 0 Å². The standard InChI is InChI=1S/C26H25N5O4/c1-34-22-13-10-18(14-23(22)35-2)21-16-31(20-6-4-3-5-7-20)30-24(21)25(32)28-15-17-8-11-19(12-9-17)29-26(27)33/h3-14,16H,15H2,1-2H3,(H,28,32)(H3,27,29,33). The Balaban J connectivity index is 1.63. The van der Waals surface area contributed by atoms with Gasteiger partial charge in [0.15, 0.2) is 17.2 Å². The predicted octanol–water partition coefficient (Wildman–Crippen LogP) is 3.98. The normalized spacial score (nSPS) is 10.5. The SMILES string of the molecule is COc1ccc(-c2cn(-c3ccccc3)nc2C(=O)NCc2ccc(NC(N)=O)cc2)cc1OC. The van der Waals surface area contributed by atoms with E-state index in [0.29, 0.717) is 22.7 Å². The van der Waals surface area contributed by atoms with E-state index in [1.165, 1.54) is 0 Å². The molecule has 0 saturated heterocycles. The minimum absolute atomic E-state index is 0.271. The summed E-state index contributed by atoms with van der Waals surface area (Å²) < 4.78 is 12.5. The van der Waals surface area contributed by atoms with E-state index in [4.69, 9.17) is 15.2 Å². The van der Waals surface area contributed by atoms with Gasteiger partial charge in [-0.25, -0.2) is 9.48 Å². The molecule has 1 heterocycles. The summed E-state index contributed by atoms with van der Waals surface area (Å²) in [5.74, 6) is 0.809. The van der Waals surface area contributed by atoms with Crippen molar-refractivity contribution < 1.29 is 19.1 Å². The highest BCUT2D eigenvalue weighted by Crippen LogP contribution is 2.34. The van der Waals surface area contributed by atoms with Crippen molar-refractivity contribution in [3.05, 3.63) is 90.3 Å². The molecule has 178 valence electrons. The number of nitrogens with one attached hydrogen (secondary N) is 2. The Labute approximate surface area is 202 Å². The number of benzene rings is 3. The maximum Gasteiger partial charge on any atom is 0.316 e. The largest absolute Gasteiger partial charge is 0.493 e. The molecule has 0 spiro atoms. The van der Waals surface area contributed by atoms with Gasteiger partial charge in [0.1, 0.15) is 0 Å². The number of para-hydroxylation sites is 1. The average molecular weight is 472 g/mol. The Morgan fingerprint density at radius 1 is 0.943 bits per heavy atom. The molecule has 35 heavy (non-hydrogen) atoms. The van der Waals surface area contributed by atoms with Crippen LogP contribution in [0.3, 0.4) is 0 Å². The molecule has 4 rings (SSSR count). The fourth-order valence-corrected chi connectivity index (χ4v) is 3.58. The zero-order chi connectivity index (χ0) is 24.8. The molecule has 0 aliphatic heterocycles. The number of ether oxygens (including phenoxy) is 2. The van der Waals surface area contributed by atoms with Crippen molar-refractivity contribution in [2.24, 2.45) is 5.73 Å². The van der Waals surface area contributed by atoms with E-state index in [1.807, 2.05) is 48.7 Å². The van der Waals surface area contributed by atoms with E-state index in [2.05, 4.69) is 15.7 Å². The van der Waals surface area contributed by atoms with Crippen LogP contribution in [0, 0.1) is 0 Å². The summed E-state index contributed by atoms with van der Waals surface area (Å²) in [4.78, 5) is 24.2. The summed E-state index contributed by atoms with van der Waals surface area (Å²) in [6.45, 7) is 0.277. The number of carbonyl (C=O) groups excluding carboxylic acids is 2. The third kappa shape index (κ3) is 5.41. The van der Waals surface area contributed by atoms with Crippen LogP contribution in [0.2, 0.25) is 0 Å². The van der Waals surface area contributed by atoms with Crippen LogP contribution >= 0.6 is 0 Å². The minimum atomic E-state index is -0.636. The van der Waals surface area contributed by atoms with Crippen molar-refractivity contribution in [3.8, 4) is 28.3 Å². The minimum Gasteiger partial charge on any atom is -0.493 e. The zero-order valence-corrected chi connectivity index (χ0v) is 19.3. The first-order valence-electron chi connectivity index (χ1n) is 10.8. The van der Waals surface area contributed by atoms with Crippen molar-refractivity contribution in [1.29, 1.82) is 0 Å². The number of aromatic nitrogens is 2. The molecule has 4 N–H and O–H groups in total. The molecule has 0 radical (unpaired) electrons. The summed E-state index contributed by atoms with van der Waals surface area (Å²) in [7, 11) is 3.13. The number of rotatable bonds is 8. The van der Waals surface area contributed by atoms with Crippen molar-refractivity contribution in [3.63, 3.8) is 0 Å². The molecule has 0 fully saturated rings. The lowest BCUT2D eigenvalue weighted by Gasteiger charge is -2.10. The maximum atomic E-state index is 13.2. The smallest absolute Gasteiger partial charge is 0.316 e. The molecule has 0 unspecified atom stereocenters. The molecule has 0 bridgehead atoms. The van der Waals surface area contributed by atoms with Crippen molar-refractivity contribution in [2.45, 2.75) is 6.54 Å². The number of hydrogen-bond donors (Lipinski definition) is 3. The van der Waals surface area contributed by atoms with E-state index < -0.39 is 6.03 Å². The number of anilines is 1. The van der Waals surface area contributed by atoms with Crippen molar-refractivity contribution >= 4 is 17.6 Å². The Kier molecular flexibility index (Phi) is 6.96. The zero-order valence-electron chi connectivity index (χ0n) is 19.3. The molecule has 1 aromatic heterocycles. The fraction of sp³-hybridized carbons (Fsp3) is 0.115. The van der Waals surface area contributed by atoms with Gasteiger partial charge in [-0.1, -0.05) is 36.4 Å². The summed E-state index contributed by atoms with van der Waals surface area (Å²) in [5, 5.41) is 10.0. The number of nitrogens with zero attached hydrogens (tertiary/aromatic N) is 2. The Morgan fingerprint density at radius 3 is 2.31 bits per heavy atom. The van der Waals surface area contributed by atoms with Crippen LogP contribution in [0.5, 0.6) is 11.5 Å². The van der Waals surface area contributed by atoms with Gasteiger partial charge in [0.25, 0.3) is 5.91 Å². The van der Waals surface area contributed by atoms with Gasteiger partial charge in [0.05, 0.1) is 19.9 Å². The van der Waals surface area contributed by atoms with Gasteiger partial charge >= 0.3 is 6.03 Å². The van der Waals surface area contributed by atoms with Gasteiger partial charge in [-0.2, -0.15) is 5.10 Å². The second kappa shape index (κ2) is 10.4. The van der Waals surface area contributed by atoms with Crippen LogP contribution in [0.1, 0.15) is 16.1 Å². The summed E-state index contributed by atoms with van der Waals surface area (Å²) in [6.07, 6.45) is 1.82. The molecule has 3 aromatic carbocycles. The number of hydrogen-bond acceptors (Lipinski definition) is 5. The van der Waals surface area contributed by atoms with Crippen LogP contribution in [0.15, 0.2) is 79.0 Å². The second-order valence-corrected chi connectivity index (χ2v) is 7.61. The molecule has 0 saturated carbocycles. The molecule has 0 atom stereocenters. The topological polar surface area (TPSA) is 121 Å². The maximum absolute atomic E-state index is 13.2. The lowest BCUT2D eigenvalue weighted by molar-refractivity contribution is 0.0946. The molecule has 3 amide bonds. The number of primary amides is 1. The van der Waals surface area contributed by atoms with Gasteiger partial charge in [0, 0.05) is 24.0 Å². The number of methoxy groups -OCH3 is 2. The van der Waals surface area contributed by atoms with E-state index >= 15 is 0 Å². The van der Waals surface area contributed by atoms with Crippen molar-refractivity contribution in [2.75, 3.05) is 19.5 Å². The number of urea groups is 1. The number of carbonyl (C=O) groups is 2. The Hall–Kier alpha value is -4.79. The predicted molar refractivity (Wildman–Crippen MR) is 133 cm³/mol. The van der Waals surface area contributed by atoms with Gasteiger partial charge in [-0.15, -0.1) is 0 Å². The number of amides is 3. The highest BCUT2D eigenvalue weighted by atomic mass is 16.5. The third-order valence-corrected chi connectivity index (χ3v) is 5.32. The van der Waals surface area contributed by atoms with Crippen molar-refractivity contribution in [1.82, 2.24) is 15.1 Å². The summed E-state index contributed by atoms with van der Waals surface area (Å²) >= 11 is 0. The van der Waals surface area contributed by atoms with E-state index in [1.54, 1.807) is 49.2 Å². The molecular formula is C26H25N5O4. The lowest BCUT2D eigenvalue weighted by Crippen LogP contribution is -2.24. The monoisotopic (exact) mass is 471 g/mol. The van der Waals surface area contributed by atoms with Crippen LogP contribution in [0.25, 0.3) is 16.8 Å². The van der Waals surface area contributed by atoms with E-state index in [0.717, 1.165) is 16.8 Å².